The summed E-state index contributed by atoms with van der Waals surface area (Å²) < 4.78 is 5.18. The molecule has 1 N–H and O–H groups in total. The summed E-state index contributed by atoms with van der Waals surface area (Å²) >= 11 is 0. The second-order valence-corrected chi connectivity index (χ2v) is 7.49. The largest absolute Gasteiger partial charge is 0.508 e. The van der Waals surface area contributed by atoms with Crippen molar-refractivity contribution < 1.29 is 19.4 Å². The van der Waals surface area contributed by atoms with Gasteiger partial charge in [-0.3, -0.25) is 9.59 Å². The molecule has 0 saturated carbocycles. The molecule has 1 atom stereocenters. The number of rotatable bonds is 7. The van der Waals surface area contributed by atoms with Crippen LogP contribution in [0, 0.1) is 17.8 Å². The van der Waals surface area contributed by atoms with Crippen LogP contribution in [0.4, 0.5) is 0 Å². The van der Waals surface area contributed by atoms with Crippen LogP contribution in [0.5, 0.6) is 5.75 Å². The highest BCUT2D eigenvalue weighted by molar-refractivity contribution is 5.83. The number of phenols is 1. The smallest absolute Gasteiger partial charge is 0.309 e. The summed E-state index contributed by atoms with van der Waals surface area (Å²) in [5.41, 5.74) is 0.909. The molecule has 1 heterocycles. The van der Waals surface area contributed by atoms with E-state index >= 15 is 0 Å². The van der Waals surface area contributed by atoms with Crippen LogP contribution in [0.3, 0.4) is 0 Å². The maximum Gasteiger partial charge on any atom is 0.309 e. The fourth-order valence-corrected chi connectivity index (χ4v) is 3.57. The maximum absolute atomic E-state index is 12.7. The highest BCUT2D eigenvalue weighted by atomic mass is 16.5. The zero-order valence-electron chi connectivity index (χ0n) is 16.1. The molecule has 0 aromatic heterocycles. The quantitative estimate of drug-likeness (QED) is 0.756. The van der Waals surface area contributed by atoms with Crippen molar-refractivity contribution in [2.75, 3.05) is 19.7 Å². The van der Waals surface area contributed by atoms with Gasteiger partial charge in [0.1, 0.15) is 5.75 Å². The van der Waals surface area contributed by atoms with E-state index in [1.807, 2.05) is 4.90 Å². The van der Waals surface area contributed by atoms with Gasteiger partial charge in [0, 0.05) is 19.5 Å². The number of ether oxygens (including phenoxy) is 1. The van der Waals surface area contributed by atoms with Crippen molar-refractivity contribution in [3.05, 3.63) is 29.8 Å². The van der Waals surface area contributed by atoms with Gasteiger partial charge in [-0.2, -0.15) is 0 Å². The Kier molecular flexibility index (Phi) is 7.49. The summed E-state index contributed by atoms with van der Waals surface area (Å²) in [6.45, 7) is 8.09. The Labute approximate surface area is 156 Å². The Bertz CT molecular complexity index is 589. The zero-order valence-corrected chi connectivity index (χ0v) is 16.1. The van der Waals surface area contributed by atoms with Crippen molar-refractivity contribution >= 4 is 11.9 Å². The molecule has 0 bridgehead atoms. The molecular formula is C21H31NO4. The molecule has 1 aromatic carbocycles. The van der Waals surface area contributed by atoms with E-state index in [-0.39, 0.29) is 24.0 Å². The topological polar surface area (TPSA) is 66.8 Å². The van der Waals surface area contributed by atoms with E-state index in [4.69, 9.17) is 4.74 Å². The number of piperidine rings is 1. The zero-order chi connectivity index (χ0) is 19.1. The van der Waals surface area contributed by atoms with E-state index in [1.54, 1.807) is 31.2 Å². The lowest BCUT2D eigenvalue weighted by Gasteiger charge is -2.34. The second kappa shape index (κ2) is 9.60. The van der Waals surface area contributed by atoms with Gasteiger partial charge in [0.2, 0.25) is 5.91 Å². The van der Waals surface area contributed by atoms with Crippen molar-refractivity contribution in [1.82, 2.24) is 4.90 Å². The first-order valence-electron chi connectivity index (χ1n) is 9.63. The minimum Gasteiger partial charge on any atom is -0.508 e. The Morgan fingerprint density at radius 3 is 2.35 bits per heavy atom. The molecule has 5 nitrogen and oxygen atoms in total. The molecule has 1 aliphatic rings. The van der Waals surface area contributed by atoms with Crippen molar-refractivity contribution in [1.29, 1.82) is 0 Å². The third-order valence-corrected chi connectivity index (χ3v) is 5.29. The third-order valence-electron chi connectivity index (χ3n) is 5.29. The van der Waals surface area contributed by atoms with Crippen molar-refractivity contribution in [2.45, 2.75) is 46.5 Å². The van der Waals surface area contributed by atoms with Crippen LogP contribution < -0.4 is 0 Å². The summed E-state index contributed by atoms with van der Waals surface area (Å²) in [5, 5.41) is 9.41. The molecule has 1 fully saturated rings. The minimum atomic E-state index is -0.491. The first kappa shape index (κ1) is 20.3. The summed E-state index contributed by atoms with van der Waals surface area (Å²) in [5.74, 6) is 0.723. The summed E-state index contributed by atoms with van der Waals surface area (Å²) in [6, 6.07) is 6.74. The first-order chi connectivity index (χ1) is 12.4. The van der Waals surface area contributed by atoms with E-state index in [0.29, 0.717) is 24.9 Å². The molecule has 2 rings (SSSR count). The number of benzene rings is 1. The Morgan fingerprint density at radius 1 is 1.19 bits per heavy atom. The molecule has 1 aromatic rings. The van der Waals surface area contributed by atoms with E-state index < -0.39 is 5.92 Å². The van der Waals surface area contributed by atoms with Crippen LogP contribution in [0.1, 0.15) is 45.6 Å². The van der Waals surface area contributed by atoms with Crippen LogP contribution in [-0.2, 0) is 20.7 Å². The molecule has 0 radical (unpaired) electrons. The van der Waals surface area contributed by atoms with Crippen LogP contribution in [0.15, 0.2) is 24.3 Å². The number of aromatic hydroxyl groups is 1. The van der Waals surface area contributed by atoms with Gasteiger partial charge in [-0.05, 0) is 55.7 Å². The van der Waals surface area contributed by atoms with E-state index in [0.717, 1.165) is 31.5 Å². The fourth-order valence-electron chi connectivity index (χ4n) is 3.57. The third kappa shape index (κ3) is 5.75. The maximum atomic E-state index is 12.7. The average Bonchev–Trinajstić information content (AvgIpc) is 2.63. The number of carbonyl (C=O) groups is 2. The standard InChI is InChI=1S/C21H31NO4/c1-4-26-21(25)18(13-16-5-7-19(23)8-6-16)14-20(24)22-11-9-17(10-12-22)15(2)3/h5-8,15,17-18,23H,4,9-14H2,1-3H3. The van der Waals surface area contributed by atoms with Crippen molar-refractivity contribution in [2.24, 2.45) is 17.8 Å². The summed E-state index contributed by atoms with van der Waals surface area (Å²) in [6.07, 6.45) is 2.68. The molecule has 0 aliphatic carbocycles. The van der Waals surface area contributed by atoms with Crippen molar-refractivity contribution in [3.8, 4) is 5.75 Å². The number of amides is 1. The predicted octanol–water partition coefficient (Wildman–Crippen LogP) is 3.40. The van der Waals surface area contributed by atoms with E-state index in [9.17, 15) is 14.7 Å². The van der Waals surface area contributed by atoms with E-state index in [1.165, 1.54) is 0 Å². The molecule has 26 heavy (non-hydrogen) atoms. The monoisotopic (exact) mass is 361 g/mol. The highest BCUT2D eigenvalue weighted by Crippen LogP contribution is 2.26. The minimum absolute atomic E-state index is 0.0315. The Hall–Kier alpha value is -2.04. The highest BCUT2D eigenvalue weighted by Gasteiger charge is 2.29. The first-order valence-corrected chi connectivity index (χ1v) is 9.63. The second-order valence-electron chi connectivity index (χ2n) is 7.49. The van der Waals surface area contributed by atoms with Gasteiger partial charge in [0.15, 0.2) is 0 Å². The lowest BCUT2D eigenvalue weighted by molar-refractivity contribution is -0.151. The molecule has 144 valence electrons. The molecular weight excluding hydrogens is 330 g/mol. The SMILES string of the molecule is CCOC(=O)C(CC(=O)N1CCC(C(C)C)CC1)Cc1ccc(O)cc1. The molecule has 0 spiro atoms. The van der Waals surface area contributed by atoms with Crippen LogP contribution in [0.25, 0.3) is 0 Å². The van der Waals surface area contributed by atoms with Crippen LogP contribution in [-0.4, -0.2) is 41.6 Å². The number of hydrogen-bond donors (Lipinski definition) is 1. The van der Waals surface area contributed by atoms with Gasteiger partial charge in [-0.15, -0.1) is 0 Å². The molecule has 1 unspecified atom stereocenters. The van der Waals surface area contributed by atoms with Gasteiger partial charge in [0.25, 0.3) is 0 Å². The predicted molar refractivity (Wildman–Crippen MR) is 101 cm³/mol. The normalized spacial score (nSPS) is 16.5. The summed E-state index contributed by atoms with van der Waals surface area (Å²) in [4.78, 5) is 26.9. The van der Waals surface area contributed by atoms with Gasteiger partial charge in [-0.1, -0.05) is 26.0 Å². The number of hydrogen-bond acceptors (Lipinski definition) is 4. The van der Waals surface area contributed by atoms with Gasteiger partial charge in [-0.25, -0.2) is 0 Å². The molecule has 5 heteroatoms. The van der Waals surface area contributed by atoms with E-state index in [2.05, 4.69) is 13.8 Å². The summed E-state index contributed by atoms with van der Waals surface area (Å²) in [7, 11) is 0. The van der Waals surface area contributed by atoms with Crippen LogP contribution in [0.2, 0.25) is 0 Å². The van der Waals surface area contributed by atoms with Crippen LogP contribution >= 0.6 is 0 Å². The molecule has 1 amide bonds. The number of phenolic OH excluding ortho intramolecular Hbond substituents is 1. The Morgan fingerprint density at radius 2 is 1.81 bits per heavy atom. The number of nitrogens with zero attached hydrogens (tertiary/aromatic N) is 1. The van der Waals surface area contributed by atoms with Gasteiger partial charge >= 0.3 is 5.97 Å². The molecule has 1 aliphatic heterocycles. The number of carbonyl (C=O) groups excluding carboxylic acids is 2. The Balaban J connectivity index is 1.98. The lowest BCUT2D eigenvalue weighted by Crippen LogP contribution is -2.41. The van der Waals surface area contributed by atoms with Crippen molar-refractivity contribution in [3.63, 3.8) is 0 Å². The fraction of sp³-hybridized carbons (Fsp3) is 0.619. The average molecular weight is 361 g/mol. The van der Waals surface area contributed by atoms with Gasteiger partial charge < -0.3 is 14.7 Å². The molecule has 1 saturated heterocycles. The number of likely N-dealkylation sites (tertiary alicyclic amines) is 1. The number of esters is 1. The van der Waals surface area contributed by atoms with Gasteiger partial charge in [0.05, 0.1) is 12.5 Å². The lowest BCUT2D eigenvalue weighted by atomic mass is 9.86.